The predicted octanol–water partition coefficient (Wildman–Crippen LogP) is 1.57. The van der Waals surface area contributed by atoms with Gasteiger partial charge in [0, 0.05) is 6.54 Å². The van der Waals surface area contributed by atoms with Gasteiger partial charge in [0.05, 0.1) is 6.61 Å². The maximum absolute atomic E-state index is 11.2. The van der Waals surface area contributed by atoms with Crippen molar-refractivity contribution in [3.8, 4) is 0 Å². The fourth-order valence-corrected chi connectivity index (χ4v) is 0.992. The van der Waals surface area contributed by atoms with Crippen molar-refractivity contribution in [1.82, 2.24) is 5.32 Å². The van der Waals surface area contributed by atoms with E-state index in [2.05, 4.69) is 10.2 Å². The molecule has 0 unspecified atom stereocenters. The molecular weight excluding hydrogens is 196 g/mol. The summed E-state index contributed by atoms with van der Waals surface area (Å²) in [5.41, 5.74) is -0.433. The summed E-state index contributed by atoms with van der Waals surface area (Å²) < 4.78 is 5.07. The smallest absolute Gasteiger partial charge is 0.407 e. The van der Waals surface area contributed by atoms with E-state index < -0.39 is 5.60 Å². The van der Waals surface area contributed by atoms with E-state index in [-0.39, 0.29) is 6.09 Å². The van der Waals surface area contributed by atoms with Crippen molar-refractivity contribution in [3.05, 3.63) is 0 Å². The van der Waals surface area contributed by atoms with Gasteiger partial charge in [-0.2, -0.15) is 0 Å². The monoisotopic (exact) mass is 218 g/mol. The van der Waals surface area contributed by atoms with Gasteiger partial charge in [0.2, 0.25) is 0 Å². The summed E-state index contributed by atoms with van der Waals surface area (Å²) in [6.45, 7) is 6.70. The predicted molar refractivity (Wildman–Crippen MR) is 58.2 cm³/mol. The van der Waals surface area contributed by atoms with Crippen LogP contribution in [-0.2, 0) is 9.57 Å². The summed E-state index contributed by atoms with van der Waals surface area (Å²) in [7, 11) is 0. The third kappa shape index (κ3) is 11.1. The zero-order valence-electron chi connectivity index (χ0n) is 9.84. The minimum atomic E-state index is -0.433. The second-order valence-electron chi connectivity index (χ2n) is 4.36. The first-order valence-corrected chi connectivity index (χ1v) is 5.24. The van der Waals surface area contributed by atoms with E-state index in [1.165, 1.54) is 0 Å². The molecule has 0 bridgehead atoms. The summed E-state index contributed by atoms with van der Waals surface area (Å²) in [5, 5.41) is 2.68. The fourth-order valence-electron chi connectivity index (χ4n) is 0.992. The third-order valence-electron chi connectivity index (χ3n) is 1.61. The molecule has 0 saturated carbocycles. The van der Waals surface area contributed by atoms with Crippen molar-refractivity contribution >= 4 is 6.09 Å². The maximum Gasteiger partial charge on any atom is 0.407 e. The number of rotatable bonds is 6. The molecule has 0 aromatic carbocycles. The van der Waals surface area contributed by atoms with Gasteiger partial charge in [0.15, 0.2) is 0 Å². The molecule has 90 valence electrons. The molecule has 0 saturated heterocycles. The summed E-state index contributed by atoms with van der Waals surface area (Å²) in [6, 6.07) is 0. The molecule has 1 amide bonds. The minimum absolute atomic E-state index is 0.363. The number of ether oxygens (including phenoxy) is 1. The number of nitrogens with two attached hydrogens (primary N) is 1. The summed E-state index contributed by atoms with van der Waals surface area (Å²) >= 11 is 0. The SMILES string of the molecule is CC(C)(C)OC(=O)NCCCCCON. The Morgan fingerprint density at radius 3 is 2.47 bits per heavy atom. The van der Waals surface area contributed by atoms with E-state index in [0.29, 0.717) is 13.2 Å². The van der Waals surface area contributed by atoms with Crippen LogP contribution in [0.4, 0.5) is 4.79 Å². The second kappa shape index (κ2) is 7.48. The first kappa shape index (κ1) is 14.2. The van der Waals surface area contributed by atoms with E-state index in [1.54, 1.807) is 0 Å². The van der Waals surface area contributed by atoms with Crippen molar-refractivity contribution in [2.45, 2.75) is 45.6 Å². The third-order valence-corrected chi connectivity index (χ3v) is 1.61. The Morgan fingerprint density at radius 1 is 1.27 bits per heavy atom. The van der Waals surface area contributed by atoms with Gasteiger partial charge < -0.3 is 14.9 Å². The number of unbranched alkanes of at least 4 members (excludes halogenated alkanes) is 2. The number of alkyl carbamates (subject to hydrolysis) is 1. The number of amides is 1. The van der Waals surface area contributed by atoms with Gasteiger partial charge in [-0.25, -0.2) is 10.7 Å². The zero-order valence-corrected chi connectivity index (χ0v) is 9.84. The molecule has 0 aliphatic heterocycles. The van der Waals surface area contributed by atoms with Crippen LogP contribution < -0.4 is 11.2 Å². The molecule has 0 fully saturated rings. The zero-order chi connectivity index (χ0) is 11.7. The number of hydrogen-bond donors (Lipinski definition) is 2. The molecule has 0 rings (SSSR count). The van der Waals surface area contributed by atoms with Crippen LogP contribution in [-0.4, -0.2) is 24.8 Å². The van der Waals surface area contributed by atoms with Crippen molar-refractivity contribution in [2.75, 3.05) is 13.2 Å². The van der Waals surface area contributed by atoms with Crippen LogP contribution in [0.1, 0.15) is 40.0 Å². The average Bonchev–Trinajstić information content (AvgIpc) is 2.08. The molecule has 5 nitrogen and oxygen atoms in total. The Labute approximate surface area is 91.3 Å². The molecule has 0 aliphatic rings. The highest BCUT2D eigenvalue weighted by Crippen LogP contribution is 2.06. The molecule has 0 heterocycles. The van der Waals surface area contributed by atoms with Gasteiger partial charge in [-0.1, -0.05) is 0 Å². The lowest BCUT2D eigenvalue weighted by atomic mass is 10.2. The van der Waals surface area contributed by atoms with E-state index in [0.717, 1.165) is 19.3 Å². The first-order valence-electron chi connectivity index (χ1n) is 5.24. The Kier molecular flexibility index (Phi) is 7.07. The number of nitrogens with one attached hydrogen (secondary N) is 1. The minimum Gasteiger partial charge on any atom is -0.444 e. The molecule has 0 spiro atoms. The molecular formula is C10H22N2O3. The quantitative estimate of drug-likeness (QED) is 0.524. The van der Waals surface area contributed by atoms with Crippen LogP contribution in [0.15, 0.2) is 0 Å². The lowest BCUT2D eigenvalue weighted by Gasteiger charge is -2.19. The standard InChI is InChI=1S/C10H22N2O3/c1-10(2,3)15-9(13)12-7-5-4-6-8-14-11/h4-8,11H2,1-3H3,(H,12,13). The highest BCUT2D eigenvalue weighted by Gasteiger charge is 2.15. The van der Waals surface area contributed by atoms with Crippen molar-refractivity contribution in [2.24, 2.45) is 5.90 Å². The van der Waals surface area contributed by atoms with E-state index >= 15 is 0 Å². The molecule has 0 aromatic rings. The first-order chi connectivity index (χ1) is 6.95. The van der Waals surface area contributed by atoms with Crippen molar-refractivity contribution in [3.63, 3.8) is 0 Å². The topological polar surface area (TPSA) is 73.6 Å². The van der Waals surface area contributed by atoms with Crippen LogP contribution in [0, 0.1) is 0 Å². The normalized spacial score (nSPS) is 11.2. The summed E-state index contributed by atoms with van der Waals surface area (Å²) in [4.78, 5) is 15.6. The molecule has 3 N–H and O–H groups in total. The van der Waals surface area contributed by atoms with Gasteiger partial charge in [-0.05, 0) is 40.0 Å². The highest BCUT2D eigenvalue weighted by atomic mass is 16.6. The van der Waals surface area contributed by atoms with E-state index in [4.69, 9.17) is 10.6 Å². The number of carbonyl (C=O) groups is 1. The Morgan fingerprint density at radius 2 is 1.93 bits per heavy atom. The molecule has 0 aromatic heterocycles. The molecule has 0 atom stereocenters. The van der Waals surface area contributed by atoms with Gasteiger partial charge in [-0.3, -0.25) is 0 Å². The number of carbonyl (C=O) groups excluding carboxylic acids is 1. The lowest BCUT2D eigenvalue weighted by Crippen LogP contribution is -2.33. The molecule has 0 aliphatic carbocycles. The Bertz CT molecular complexity index is 178. The average molecular weight is 218 g/mol. The van der Waals surface area contributed by atoms with Crippen LogP contribution in [0.25, 0.3) is 0 Å². The van der Waals surface area contributed by atoms with Gasteiger partial charge in [-0.15, -0.1) is 0 Å². The maximum atomic E-state index is 11.2. The van der Waals surface area contributed by atoms with Crippen LogP contribution in [0.3, 0.4) is 0 Å². The lowest BCUT2D eigenvalue weighted by molar-refractivity contribution is 0.0526. The molecule has 0 radical (unpaired) electrons. The second-order valence-corrected chi connectivity index (χ2v) is 4.36. The van der Waals surface area contributed by atoms with Crippen molar-refractivity contribution in [1.29, 1.82) is 0 Å². The van der Waals surface area contributed by atoms with Crippen LogP contribution in [0.2, 0.25) is 0 Å². The van der Waals surface area contributed by atoms with Crippen LogP contribution in [0.5, 0.6) is 0 Å². The summed E-state index contributed by atoms with van der Waals surface area (Å²) in [5.74, 6) is 4.87. The van der Waals surface area contributed by atoms with Gasteiger partial charge in [0.25, 0.3) is 0 Å². The largest absolute Gasteiger partial charge is 0.444 e. The number of hydrogen-bond acceptors (Lipinski definition) is 4. The molecule has 15 heavy (non-hydrogen) atoms. The Balaban J connectivity index is 3.32. The van der Waals surface area contributed by atoms with Gasteiger partial charge >= 0.3 is 6.09 Å². The van der Waals surface area contributed by atoms with Crippen molar-refractivity contribution < 1.29 is 14.4 Å². The van der Waals surface area contributed by atoms with Crippen LogP contribution >= 0.6 is 0 Å². The summed E-state index contributed by atoms with van der Waals surface area (Å²) in [6.07, 6.45) is 2.43. The van der Waals surface area contributed by atoms with E-state index in [9.17, 15) is 4.79 Å². The van der Waals surface area contributed by atoms with Gasteiger partial charge in [0.1, 0.15) is 5.60 Å². The van der Waals surface area contributed by atoms with E-state index in [1.807, 2.05) is 20.8 Å². The Hall–Kier alpha value is -0.810. The fraction of sp³-hybridized carbons (Fsp3) is 0.900. The molecule has 5 heteroatoms. The highest BCUT2D eigenvalue weighted by molar-refractivity contribution is 5.67.